The molecule has 0 radical (unpaired) electrons. The van der Waals surface area contributed by atoms with Crippen LogP contribution in [0.2, 0.25) is 0 Å². The quantitative estimate of drug-likeness (QED) is 0.675. The second-order valence-corrected chi connectivity index (χ2v) is 4.25. The van der Waals surface area contributed by atoms with Crippen molar-refractivity contribution in [2.45, 2.75) is 13.8 Å². The SMILES string of the molecule is C/C(=N/NC(=O)c1cccnc1)c1ccc(C)cc1. The summed E-state index contributed by atoms with van der Waals surface area (Å²) in [6.07, 6.45) is 3.13. The predicted molar refractivity (Wildman–Crippen MR) is 75.1 cm³/mol. The lowest BCUT2D eigenvalue weighted by Crippen LogP contribution is -2.19. The number of carbonyl (C=O) groups excluding carboxylic acids is 1. The van der Waals surface area contributed by atoms with E-state index in [2.05, 4.69) is 15.5 Å². The number of hydrogen-bond donors (Lipinski definition) is 1. The van der Waals surface area contributed by atoms with Crippen molar-refractivity contribution < 1.29 is 4.79 Å². The molecule has 0 saturated carbocycles. The standard InChI is InChI=1S/C15H15N3O/c1-11-5-7-13(8-6-11)12(2)17-18-15(19)14-4-3-9-16-10-14/h3-10H,1-2H3,(H,18,19)/b17-12-. The number of aryl methyl sites for hydroxylation is 1. The first kappa shape index (κ1) is 13.0. The second kappa shape index (κ2) is 5.91. The number of hydrogen-bond acceptors (Lipinski definition) is 3. The lowest BCUT2D eigenvalue weighted by atomic mass is 10.1. The van der Waals surface area contributed by atoms with Gasteiger partial charge < -0.3 is 0 Å². The number of carbonyl (C=O) groups is 1. The monoisotopic (exact) mass is 253 g/mol. The van der Waals surface area contributed by atoms with E-state index in [1.165, 1.54) is 11.8 Å². The molecular formula is C15H15N3O. The van der Waals surface area contributed by atoms with Gasteiger partial charge in [-0.3, -0.25) is 9.78 Å². The van der Waals surface area contributed by atoms with Crippen LogP contribution in [0.15, 0.2) is 53.9 Å². The van der Waals surface area contributed by atoms with Crippen molar-refractivity contribution in [1.82, 2.24) is 10.4 Å². The molecule has 1 amide bonds. The first-order valence-electron chi connectivity index (χ1n) is 5.98. The van der Waals surface area contributed by atoms with Crippen LogP contribution in [0.4, 0.5) is 0 Å². The summed E-state index contributed by atoms with van der Waals surface area (Å²) in [5, 5.41) is 4.09. The van der Waals surface area contributed by atoms with Gasteiger partial charge in [-0.15, -0.1) is 0 Å². The Morgan fingerprint density at radius 1 is 1.16 bits per heavy atom. The first-order valence-corrected chi connectivity index (χ1v) is 5.98. The van der Waals surface area contributed by atoms with E-state index in [9.17, 15) is 4.79 Å². The summed E-state index contributed by atoms with van der Waals surface area (Å²) in [7, 11) is 0. The molecule has 1 aromatic carbocycles. The summed E-state index contributed by atoms with van der Waals surface area (Å²) < 4.78 is 0. The average molecular weight is 253 g/mol. The third-order valence-electron chi connectivity index (χ3n) is 2.72. The summed E-state index contributed by atoms with van der Waals surface area (Å²) in [5.41, 5.74) is 5.95. The van der Waals surface area contributed by atoms with Crippen LogP contribution in [-0.2, 0) is 0 Å². The largest absolute Gasteiger partial charge is 0.272 e. The van der Waals surface area contributed by atoms with Crippen molar-refractivity contribution in [2.75, 3.05) is 0 Å². The van der Waals surface area contributed by atoms with Crippen LogP contribution in [0, 0.1) is 6.92 Å². The fraction of sp³-hybridized carbons (Fsp3) is 0.133. The maximum absolute atomic E-state index is 11.8. The maximum Gasteiger partial charge on any atom is 0.272 e. The minimum atomic E-state index is -0.264. The maximum atomic E-state index is 11.8. The molecule has 4 nitrogen and oxygen atoms in total. The minimum Gasteiger partial charge on any atom is -0.267 e. The molecule has 0 atom stereocenters. The van der Waals surface area contributed by atoms with Crippen molar-refractivity contribution in [3.8, 4) is 0 Å². The molecule has 0 spiro atoms. The Kier molecular flexibility index (Phi) is 4.03. The third-order valence-corrected chi connectivity index (χ3v) is 2.72. The molecule has 0 bridgehead atoms. The number of hydrazone groups is 1. The van der Waals surface area contributed by atoms with Crippen LogP contribution in [0.1, 0.15) is 28.4 Å². The van der Waals surface area contributed by atoms with Crippen molar-refractivity contribution in [3.05, 3.63) is 65.5 Å². The van der Waals surface area contributed by atoms with Crippen LogP contribution in [-0.4, -0.2) is 16.6 Å². The summed E-state index contributed by atoms with van der Waals surface area (Å²) in [5.74, 6) is -0.264. The van der Waals surface area contributed by atoms with Crippen molar-refractivity contribution in [1.29, 1.82) is 0 Å². The molecule has 0 fully saturated rings. The third kappa shape index (κ3) is 3.48. The van der Waals surface area contributed by atoms with E-state index in [0.717, 1.165) is 11.3 Å². The second-order valence-electron chi connectivity index (χ2n) is 4.25. The number of nitrogens with one attached hydrogen (secondary N) is 1. The highest BCUT2D eigenvalue weighted by atomic mass is 16.2. The molecule has 1 heterocycles. The molecule has 0 aliphatic heterocycles. The lowest BCUT2D eigenvalue weighted by Gasteiger charge is -2.03. The zero-order valence-corrected chi connectivity index (χ0v) is 10.9. The highest BCUT2D eigenvalue weighted by Gasteiger charge is 2.04. The Morgan fingerprint density at radius 3 is 2.53 bits per heavy atom. The molecule has 0 aliphatic rings. The summed E-state index contributed by atoms with van der Waals surface area (Å²) in [6.45, 7) is 3.88. The van der Waals surface area contributed by atoms with Gasteiger partial charge in [0.05, 0.1) is 11.3 Å². The van der Waals surface area contributed by atoms with Gasteiger partial charge in [0, 0.05) is 12.4 Å². The Morgan fingerprint density at radius 2 is 1.89 bits per heavy atom. The van der Waals surface area contributed by atoms with E-state index < -0.39 is 0 Å². The van der Waals surface area contributed by atoms with E-state index in [1.807, 2.05) is 38.1 Å². The number of amides is 1. The van der Waals surface area contributed by atoms with E-state index in [1.54, 1.807) is 18.3 Å². The highest BCUT2D eigenvalue weighted by Crippen LogP contribution is 2.04. The summed E-state index contributed by atoms with van der Waals surface area (Å²) in [6, 6.07) is 11.4. The highest BCUT2D eigenvalue weighted by molar-refractivity contribution is 6.00. The first-order chi connectivity index (χ1) is 9.16. The Bertz CT molecular complexity index is 589. The number of pyridine rings is 1. The number of nitrogens with zero attached hydrogens (tertiary/aromatic N) is 2. The predicted octanol–water partition coefficient (Wildman–Crippen LogP) is 2.54. The number of rotatable bonds is 3. The average Bonchev–Trinajstić information content (AvgIpc) is 2.46. The van der Waals surface area contributed by atoms with Crippen molar-refractivity contribution in [2.24, 2.45) is 5.10 Å². The van der Waals surface area contributed by atoms with Crippen molar-refractivity contribution in [3.63, 3.8) is 0 Å². The topological polar surface area (TPSA) is 54.4 Å². The van der Waals surface area contributed by atoms with E-state index >= 15 is 0 Å². The molecule has 0 unspecified atom stereocenters. The molecule has 2 rings (SSSR count). The van der Waals surface area contributed by atoms with Crippen molar-refractivity contribution >= 4 is 11.6 Å². The van der Waals surface area contributed by atoms with E-state index in [4.69, 9.17) is 0 Å². The number of aromatic nitrogens is 1. The summed E-state index contributed by atoms with van der Waals surface area (Å²) >= 11 is 0. The van der Waals surface area contributed by atoms with Crippen LogP contribution >= 0.6 is 0 Å². The zero-order valence-electron chi connectivity index (χ0n) is 10.9. The fourth-order valence-corrected chi connectivity index (χ4v) is 1.56. The Hall–Kier alpha value is -2.49. The minimum absolute atomic E-state index is 0.264. The van der Waals surface area contributed by atoms with E-state index in [-0.39, 0.29) is 5.91 Å². The Labute approximate surface area is 112 Å². The molecule has 1 aromatic heterocycles. The van der Waals surface area contributed by atoms with Gasteiger partial charge in [-0.2, -0.15) is 5.10 Å². The van der Waals surface area contributed by atoms with Crippen LogP contribution in [0.5, 0.6) is 0 Å². The van der Waals surface area contributed by atoms with Gasteiger partial charge in [0.1, 0.15) is 0 Å². The molecule has 0 aliphatic carbocycles. The zero-order chi connectivity index (χ0) is 13.7. The van der Waals surface area contributed by atoms with Gasteiger partial charge in [0.2, 0.25) is 0 Å². The normalized spacial score (nSPS) is 11.2. The van der Waals surface area contributed by atoms with Gasteiger partial charge >= 0.3 is 0 Å². The van der Waals surface area contributed by atoms with Gasteiger partial charge in [-0.1, -0.05) is 29.8 Å². The van der Waals surface area contributed by atoms with Crippen LogP contribution in [0.25, 0.3) is 0 Å². The lowest BCUT2D eigenvalue weighted by molar-refractivity contribution is 0.0954. The van der Waals surface area contributed by atoms with Gasteiger partial charge in [0.15, 0.2) is 0 Å². The fourth-order valence-electron chi connectivity index (χ4n) is 1.56. The van der Waals surface area contributed by atoms with E-state index in [0.29, 0.717) is 5.56 Å². The Balaban J connectivity index is 2.06. The van der Waals surface area contributed by atoms with Gasteiger partial charge in [0.25, 0.3) is 5.91 Å². The number of benzene rings is 1. The van der Waals surface area contributed by atoms with Crippen LogP contribution in [0.3, 0.4) is 0 Å². The molecule has 96 valence electrons. The summed E-state index contributed by atoms with van der Waals surface area (Å²) in [4.78, 5) is 15.7. The van der Waals surface area contributed by atoms with Gasteiger partial charge in [-0.25, -0.2) is 5.43 Å². The molecular weight excluding hydrogens is 238 g/mol. The molecule has 19 heavy (non-hydrogen) atoms. The smallest absolute Gasteiger partial charge is 0.267 e. The molecule has 4 heteroatoms. The molecule has 0 saturated heterocycles. The van der Waals surface area contributed by atoms with Crippen LogP contribution < -0.4 is 5.43 Å². The van der Waals surface area contributed by atoms with Gasteiger partial charge in [-0.05, 0) is 31.5 Å². The molecule has 1 N–H and O–H groups in total. The molecule has 2 aromatic rings.